The van der Waals surface area contributed by atoms with Gasteiger partial charge in [0.1, 0.15) is 6.04 Å². The largest absolute Gasteiger partial charge is 0.369 e. The van der Waals surface area contributed by atoms with Crippen LogP contribution in [0.1, 0.15) is 56.9 Å². The number of nitrogens with one attached hydrogen (secondary N) is 3. The van der Waals surface area contributed by atoms with Crippen molar-refractivity contribution in [3.05, 3.63) is 47.3 Å². The van der Waals surface area contributed by atoms with Crippen LogP contribution < -0.4 is 15.5 Å². The van der Waals surface area contributed by atoms with E-state index in [0.29, 0.717) is 25.8 Å². The van der Waals surface area contributed by atoms with Gasteiger partial charge in [-0.15, -0.1) is 0 Å². The first-order valence-electron chi connectivity index (χ1n) is 11.5. The van der Waals surface area contributed by atoms with E-state index in [9.17, 15) is 14.7 Å². The van der Waals surface area contributed by atoms with Crippen molar-refractivity contribution in [3.63, 3.8) is 0 Å². The second kappa shape index (κ2) is 8.94. The van der Waals surface area contributed by atoms with Crippen molar-refractivity contribution in [2.24, 2.45) is 5.92 Å². The van der Waals surface area contributed by atoms with Gasteiger partial charge in [0.2, 0.25) is 11.8 Å². The minimum absolute atomic E-state index is 0.0600. The minimum Gasteiger partial charge on any atom is -0.369 e. The van der Waals surface area contributed by atoms with E-state index in [2.05, 4.69) is 33.8 Å². The average molecular weight is 440 g/mol. The van der Waals surface area contributed by atoms with Crippen molar-refractivity contribution < 1.29 is 14.7 Å². The van der Waals surface area contributed by atoms with Crippen LogP contribution in [0.25, 0.3) is 0 Å². The van der Waals surface area contributed by atoms with Crippen LogP contribution in [-0.4, -0.2) is 44.9 Å². The number of para-hydroxylation sites is 1. The molecule has 3 heterocycles. The van der Waals surface area contributed by atoms with E-state index in [0.717, 1.165) is 35.3 Å². The highest BCUT2D eigenvalue weighted by molar-refractivity contribution is 5.89. The maximum atomic E-state index is 13.2. The SMILES string of the molecule is CCC(C)CC(=O)NC1CCc2cccc3c2N(C(C(=O)NCc2ccn[nH]2)C3)C1(C)O. The summed E-state index contributed by atoms with van der Waals surface area (Å²) in [5.41, 5.74) is 2.49. The number of carbonyl (C=O) groups is 2. The fourth-order valence-electron chi connectivity index (χ4n) is 4.88. The number of aromatic amines is 1. The number of rotatable bonds is 7. The van der Waals surface area contributed by atoms with Gasteiger partial charge in [-0.3, -0.25) is 14.7 Å². The molecule has 1 aromatic heterocycles. The molecule has 0 radical (unpaired) electrons. The molecule has 0 saturated carbocycles. The third-order valence-electron chi connectivity index (χ3n) is 6.90. The molecule has 4 N–H and O–H groups in total. The van der Waals surface area contributed by atoms with Gasteiger partial charge in [0, 0.05) is 24.7 Å². The van der Waals surface area contributed by atoms with Gasteiger partial charge in [0.25, 0.3) is 0 Å². The summed E-state index contributed by atoms with van der Waals surface area (Å²) < 4.78 is 0. The minimum atomic E-state index is -1.40. The Kier molecular flexibility index (Phi) is 6.24. The van der Waals surface area contributed by atoms with Crippen LogP contribution in [0.15, 0.2) is 30.5 Å². The lowest BCUT2D eigenvalue weighted by Gasteiger charge is -2.43. The van der Waals surface area contributed by atoms with Gasteiger partial charge in [0.05, 0.1) is 18.3 Å². The number of aryl methyl sites for hydroxylation is 1. The molecule has 2 aliphatic rings. The molecule has 2 aromatic rings. The summed E-state index contributed by atoms with van der Waals surface area (Å²) in [6.07, 6.45) is 4.84. The highest BCUT2D eigenvalue weighted by atomic mass is 16.3. The summed E-state index contributed by atoms with van der Waals surface area (Å²) in [5, 5.41) is 24.6. The van der Waals surface area contributed by atoms with Crippen molar-refractivity contribution in [2.75, 3.05) is 4.90 Å². The monoisotopic (exact) mass is 439 g/mol. The van der Waals surface area contributed by atoms with E-state index < -0.39 is 17.8 Å². The molecule has 4 unspecified atom stereocenters. The second-order valence-corrected chi connectivity index (χ2v) is 9.28. The molecule has 0 bridgehead atoms. The van der Waals surface area contributed by atoms with Crippen molar-refractivity contribution in [1.29, 1.82) is 0 Å². The normalized spacial score (nSPS) is 25.1. The number of benzene rings is 1. The number of nitrogens with zero attached hydrogens (tertiary/aromatic N) is 2. The van der Waals surface area contributed by atoms with Gasteiger partial charge in [-0.05, 0) is 42.9 Å². The predicted molar refractivity (Wildman–Crippen MR) is 122 cm³/mol. The number of aliphatic hydroxyl groups is 1. The lowest BCUT2D eigenvalue weighted by atomic mass is 9.96. The van der Waals surface area contributed by atoms with E-state index in [1.807, 2.05) is 30.0 Å². The van der Waals surface area contributed by atoms with E-state index in [1.54, 1.807) is 13.1 Å². The van der Waals surface area contributed by atoms with Gasteiger partial charge in [-0.25, -0.2) is 0 Å². The number of hydrogen-bond donors (Lipinski definition) is 4. The first-order valence-corrected chi connectivity index (χ1v) is 11.5. The standard InChI is InChI=1S/C24H33N5O3/c1-4-15(2)12-21(30)27-20-9-8-16-6-5-7-17-13-19(29(22(16)17)24(20,3)32)23(31)25-14-18-10-11-26-28-18/h5-7,10-11,15,19-20,32H,4,8-9,12-14H2,1-3H3,(H,25,31)(H,26,28)(H,27,30). The Bertz CT molecular complexity index is 972. The predicted octanol–water partition coefficient (Wildman–Crippen LogP) is 2.03. The smallest absolute Gasteiger partial charge is 0.243 e. The molecule has 0 spiro atoms. The molecule has 2 amide bonds. The van der Waals surface area contributed by atoms with Crippen molar-refractivity contribution >= 4 is 17.5 Å². The quantitative estimate of drug-likeness (QED) is 0.528. The zero-order valence-electron chi connectivity index (χ0n) is 19.0. The van der Waals surface area contributed by atoms with Gasteiger partial charge in [-0.1, -0.05) is 38.5 Å². The summed E-state index contributed by atoms with van der Waals surface area (Å²) in [5.74, 6) is 0.0613. The van der Waals surface area contributed by atoms with Crippen LogP contribution >= 0.6 is 0 Å². The van der Waals surface area contributed by atoms with E-state index in [4.69, 9.17) is 0 Å². The zero-order chi connectivity index (χ0) is 22.9. The van der Waals surface area contributed by atoms with Crippen LogP contribution in [0, 0.1) is 5.92 Å². The van der Waals surface area contributed by atoms with Gasteiger partial charge < -0.3 is 20.6 Å². The lowest BCUT2D eigenvalue weighted by Crippen LogP contribution is -2.64. The van der Waals surface area contributed by atoms with Crippen molar-refractivity contribution in [2.45, 2.75) is 77.2 Å². The summed E-state index contributed by atoms with van der Waals surface area (Å²) in [4.78, 5) is 27.8. The summed E-state index contributed by atoms with van der Waals surface area (Å²) in [6, 6.07) is 6.85. The fourth-order valence-corrected chi connectivity index (χ4v) is 4.88. The summed E-state index contributed by atoms with van der Waals surface area (Å²) in [7, 11) is 0. The number of amides is 2. The van der Waals surface area contributed by atoms with Crippen molar-refractivity contribution in [1.82, 2.24) is 20.8 Å². The van der Waals surface area contributed by atoms with E-state index in [1.165, 1.54) is 0 Å². The summed E-state index contributed by atoms with van der Waals surface area (Å²) >= 11 is 0. The lowest BCUT2D eigenvalue weighted by molar-refractivity contribution is -0.126. The molecule has 0 aliphatic carbocycles. The van der Waals surface area contributed by atoms with Gasteiger partial charge >= 0.3 is 0 Å². The van der Waals surface area contributed by atoms with Crippen LogP contribution in [0.5, 0.6) is 0 Å². The van der Waals surface area contributed by atoms with Gasteiger partial charge in [-0.2, -0.15) is 5.10 Å². The number of anilines is 1. The topological polar surface area (TPSA) is 110 Å². The van der Waals surface area contributed by atoms with E-state index >= 15 is 0 Å². The number of aromatic nitrogens is 2. The molecule has 172 valence electrons. The number of hydrogen-bond acceptors (Lipinski definition) is 5. The molecule has 4 rings (SSSR count). The highest BCUT2D eigenvalue weighted by Gasteiger charge is 2.50. The van der Waals surface area contributed by atoms with Crippen LogP contribution in [0.2, 0.25) is 0 Å². The Morgan fingerprint density at radius 3 is 2.84 bits per heavy atom. The molecule has 0 fully saturated rings. The van der Waals surface area contributed by atoms with Crippen LogP contribution in [0.3, 0.4) is 0 Å². The van der Waals surface area contributed by atoms with Crippen LogP contribution in [0.4, 0.5) is 5.69 Å². The average Bonchev–Trinajstić information content (AvgIpc) is 3.40. The molecule has 0 saturated heterocycles. The van der Waals surface area contributed by atoms with Crippen molar-refractivity contribution in [3.8, 4) is 0 Å². The number of H-pyrrole nitrogens is 1. The fraction of sp³-hybridized carbons (Fsp3) is 0.542. The Labute approximate surface area is 188 Å². The second-order valence-electron chi connectivity index (χ2n) is 9.28. The highest BCUT2D eigenvalue weighted by Crippen LogP contribution is 2.44. The Morgan fingerprint density at radius 2 is 2.12 bits per heavy atom. The molecule has 4 atom stereocenters. The molecule has 1 aromatic carbocycles. The zero-order valence-corrected chi connectivity index (χ0v) is 19.0. The Hall–Kier alpha value is -2.87. The molecule has 8 nitrogen and oxygen atoms in total. The Morgan fingerprint density at radius 1 is 1.34 bits per heavy atom. The third kappa shape index (κ3) is 4.24. The molecular formula is C24H33N5O3. The third-order valence-corrected chi connectivity index (χ3v) is 6.90. The summed E-state index contributed by atoms with van der Waals surface area (Å²) in [6.45, 7) is 6.17. The Balaban J connectivity index is 1.59. The maximum Gasteiger partial charge on any atom is 0.243 e. The first-order chi connectivity index (χ1) is 15.3. The molecule has 8 heteroatoms. The van der Waals surface area contributed by atoms with Crippen LogP contribution in [-0.2, 0) is 29.0 Å². The van der Waals surface area contributed by atoms with E-state index in [-0.39, 0.29) is 17.7 Å². The number of carbonyl (C=O) groups excluding carboxylic acids is 2. The molecular weight excluding hydrogens is 406 g/mol. The molecule has 32 heavy (non-hydrogen) atoms. The maximum absolute atomic E-state index is 13.2. The van der Waals surface area contributed by atoms with Gasteiger partial charge in [0.15, 0.2) is 5.72 Å². The molecule has 2 aliphatic heterocycles. The first kappa shape index (κ1) is 22.3.